The van der Waals surface area contributed by atoms with Gasteiger partial charge in [0.15, 0.2) is 6.61 Å². The number of carbonyl (C=O) groups excluding carboxylic acids is 4. The SMILES string of the molecule is CC(=O)CCC(CNC(=O)OC(C)(C)C)CN(C(=O)COC(C)=O)C(c1nc(-c2cc(F)ccc2F)cn1Cc1ccccc1)C(C)(C)C. The van der Waals surface area contributed by atoms with Gasteiger partial charge in [-0.25, -0.2) is 18.6 Å². The molecule has 0 saturated heterocycles. The molecule has 0 aliphatic carbocycles. The summed E-state index contributed by atoms with van der Waals surface area (Å²) in [4.78, 5) is 57.0. The van der Waals surface area contributed by atoms with E-state index in [-0.39, 0.29) is 36.6 Å². The molecule has 2 unspecified atom stereocenters. The number of alkyl carbamates (subject to hydrolysis) is 1. The number of nitrogens with one attached hydrogen (secondary N) is 1. The lowest BCUT2D eigenvalue weighted by molar-refractivity contribution is -0.153. The van der Waals surface area contributed by atoms with E-state index in [1.807, 2.05) is 51.1 Å². The van der Waals surface area contributed by atoms with Crippen molar-refractivity contribution >= 4 is 23.8 Å². The molecule has 0 aliphatic rings. The number of carbonyl (C=O) groups is 4. The van der Waals surface area contributed by atoms with Crippen LogP contribution in [0.5, 0.6) is 0 Å². The van der Waals surface area contributed by atoms with E-state index in [0.29, 0.717) is 18.8 Å². The second kappa shape index (κ2) is 16.7. The van der Waals surface area contributed by atoms with Gasteiger partial charge in [-0.2, -0.15) is 0 Å². The summed E-state index contributed by atoms with van der Waals surface area (Å²) in [6.45, 7) is 13.5. The standard InChI is InChI=1S/C37H48F2N4O6/c1-24(44)14-15-27(19-40-35(47)49-37(6,7)8)21-43(32(46)23-48-25(2)45)33(36(3,4)5)34-41-31(29-18-28(38)16-17-30(29)39)22-42(34)20-26-12-10-9-11-13-26/h9-13,16-18,22,27,33H,14-15,19-21,23H2,1-8H3,(H,40,47). The van der Waals surface area contributed by atoms with Crippen LogP contribution in [0.4, 0.5) is 13.6 Å². The molecule has 0 fully saturated rings. The molecule has 0 aliphatic heterocycles. The molecular formula is C37H48F2N4O6. The quantitative estimate of drug-likeness (QED) is 0.184. The molecule has 3 aromatic rings. The predicted molar refractivity (Wildman–Crippen MR) is 181 cm³/mol. The molecule has 266 valence electrons. The van der Waals surface area contributed by atoms with Crippen molar-refractivity contribution in [2.45, 2.75) is 86.4 Å². The second-order valence-electron chi connectivity index (χ2n) is 14.3. The molecule has 2 atom stereocenters. The van der Waals surface area contributed by atoms with E-state index in [4.69, 9.17) is 14.5 Å². The lowest BCUT2D eigenvalue weighted by Crippen LogP contribution is -2.48. The van der Waals surface area contributed by atoms with Crippen LogP contribution >= 0.6 is 0 Å². The van der Waals surface area contributed by atoms with Crippen LogP contribution < -0.4 is 5.32 Å². The Hall–Kier alpha value is -4.61. The first-order chi connectivity index (χ1) is 22.8. The Kier molecular flexibility index (Phi) is 13.2. The average molecular weight is 683 g/mol. The fourth-order valence-corrected chi connectivity index (χ4v) is 5.46. The molecule has 10 nitrogen and oxygen atoms in total. The maximum Gasteiger partial charge on any atom is 0.407 e. The van der Waals surface area contributed by atoms with Crippen molar-refractivity contribution < 1.29 is 37.4 Å². The number of Topliss-reactive ketones (excluding diaryl/α,β-unsaturated/α-hetero) is 1. The highest BCUT2D eigenvalue weighted by Gasteiger charge is 2.40. The van der Waals surface area contributed by atoms with Gasteiger partial charge in [0, 0.05) is 44.7 Å². The van der Waals surface area contributed by atoms with Gasteiger partial charge in [0.05, 0.1) is 11.7 Å². The fourth-order valence-electron chi connectivity index (χ4n) is 5.46. The number of ketones is 1. The second-order valence-corrected chi connectivity index (χ2v) is 14.3. The molecular weight excluding hydrogens is 634 g/mol. The van der Waals surface area contributed by atoms with E-state index in [2.05, 4.69) is 5.32 Å². The largest absolute Gasteiger partial charge is 0.456 e. The summed E-state index contributed by atoms with van der Waals surface area (Å²) in [5.74, 6) is -2.58. The Morgan fingerprint density at radius 1 is 0.980 bits per heavy atom. The summed E-state index contributed by atoms with van der Waals surface area (Å²) >= 11 is 0. The van der Waals surface area contributed by atoms with Gasteiger partial charge >= 0.3 is 12.1 Å². The zero-order valence-electron chi connectivity index (χ0n) is 29.6. The lowest BCUT2D eigenvalue weighted by atomic mass is 9.84. The van der Waals surface area contributed by atoms with Crippen molar-refractivity contribution in [3.8, 4) is 11.3 Å². The lowest BCUT2D eigenvalue weighted by Gasteiger charge is -2.41. The third-order valence-corrected chi connectivity index (χ3v) is 7.60. The number of rotatable bonds is 14. The van der Waals surface area contributed by atoms with E-state index in [1.54, 1.807) is 36.4 Å². The van der Waals surface area contributed by atoms with Crippen LogP contribution in [0.1, 0.15) is 85.7 Å². The van der Waals surface area contributed by atoms with Crippen LogP contribution in [0.25, 0.3) is 11.3 Å². The fraction of sp³-hybridized carbons (Fsp3) is 0.486. The number of nitrogens with zero attached hydrogens (tertiary/aromatic N) is 3. The van der Waals surface area contributed by atoms with Crippen LogP contribution in [0.2, 0.25) is 0 Å². The molecule has 1 aromatic heterocycles. The molecule has 0 saturated carbocycles. The summed E-state index contributed by atoms with van der Waals surface area (Å²) in [5.41, 5.74) is -0.424. The molecule has 49 heavy (non-hydrogen) atoms. The number of imidazole rings is 1. The first-order valence-corrected chi connectivity index (χ1v) is 16.3. The van der Waals surface area contributed by atoms with Gasteiger partial charge < -0.3 is 29.1 Å². The van der Waals surface area contributed by atoms with E-state index in [1.165, 1.54) is 13.8 Å². The van der Waals surface area contributed by atoms with E-state index >= 15 is 4.39 Å². The molecule has 2 amide bonds. The van der Waals surface area contributed by atoms with Gasteiger partial charge in [0.1, 0.15) is 28.8 Å². The zero-order valence-corrected chi connectivity index (χ0v) is 29.6. The van der Waals surface area contributed by atoms with Gasteiger partial charge in [0.25, 0.3) is 5.91 Å². The minimum Gasteiger partial charge on any atom is -0.456 e. The van der Waals surface area contributed by atoms with Crippen molar-refractivity contribution in [3.63, 3.8) is 0 Å². The number of ether oxygens (including phenoxy) is 2. The molecule has 0 spiro atoms. The molecule has 0 bridgehead atoms. The highest BCUT2D eigenvalue weighted by molar-refractivity contribution is 5.80. The molecule has 2 aromatic carbocycles. The molecule has 3 rings (SSSR count). The van der Waals surface area contributed by atoms with Crippen LogP contribution in [-0.2, 0) is 30.4 Å². The van der Waals surface area contributed by atoms with Crippen molar-refractivity contribution in [3.05, 3.63) is 77.8 Å². The number of amides is 2. The summed E-state index contributed by atoms with van der Waals surface area (Å²) in [7, 11) is 0. The highest BCUT2D eigenvalue weighted by Crippen LogP contribution is 2.40. The molecule has 0 radical (unpaired) electrons. The van der Waals surface area contributed by atoms with Crippen molar-refractivity contribution in [2.75, 3.05) is 19.7 Å². The molecule has 12 heteroatoms. The normalized spacial score (nSPS) is 12.9. The first-order valence-electron chi connectivity index (χ1n) is 16.3. The van der Waals surface area contributed by atoms with Crippen molar-refractivity contribution in [1.29, 1.82) is 0 Å². The van der Waals surface area contributed by atoms with Gasteiger partial charge in [0.2, 0.25) is 0 Å². The van der Waals surface area contributed by atoms with Crippen LogP contribution in [0, 0.1) is 23.0 Å². The first kappa shape index (κ1) is 38.8. The summed E-state index contributed by atoms with van der Waals surface area (Å²) in [6, 6.07) is 11.8. The van der Waals surface area contributed by atoms with Gasteiger partial charge in [-0.3, -0.25) is 9.59 Å². The smallest absolute Gasteiger partial charge is 0.407 e. The molecule has 1 N–H and O–H groups in total. The predicted octanol–water partition coefficient (Wildman–Crippen LogP) is 6.87. The van der Waals surface area contributed by atoms with Crippen LogP contribution in [-0.4, -0.2) is 63.5 Å². The van der Waals surface area contributed by atoms with E-state index < -0.39 is 59.2 Å². The Balaban J connectivity index is 2.18. The Labute approximate surface area is 287 Å². The number of benzene rings is 2. The molecule has 1 heterocycles. The van der Waals surface area contributed by atoms with Crippen molar-refractivity contribution in [1.82, 2.24) is 19.8 Å². The summed E-state index contributed by atoms with van der Waals surface area (Å²) in [5, 5.41) is 2.76. The minimum atomic E-state index is -0.800. The number of esters is 1. The Morgan fingerprint density at radius 3 is 2.24 bits per heavy atom. The summed E-state index contributed by atoms with van der Waals surface area (Å²) < 4.78 is 41.8. The maximum atomic E-state index is 15.1. The van der Waals surface area contributed by atoms with Gasteiger partial charge in [-0.15, -0.1) is 0 Å². The maximum absolute atomic E-state index is 15.1. The number of halogens is 2. The van der Waals surface area contributed by atoms with Gasteiger partial charge in [-0.1, -0.05) is 51.1 Å². The van der Waals surface area contributed by atoms with E-state index in [0.717, 1.165) is 23.8 Å². The zero-order chi connectivity index (χ0) is 36.5. The minimum absolute atomic E-state index is 0.0347. The topological polar surface area (TPSA) is 120 Å². The number of hydrogen-bond donors (Lipinski definition) is 1. The number of aromatic nitrogens is 2. The Bertz CT molecular complexity index is 1610. The monoisotopic (exact) mass is 682 g/mol. The number of hydrogen-bond acceptors (Lipinski definition) is 7. The van der Waals surface area contributed by atoms with E-state index in [9.17, 15) is 23.6 Å². The van der Waals surface area contributed by atoms with Crippen LogP contribution in [0.3, 0.4) is 0 Å². The third kappa shape index (κ3) is 12.1. The highest BCUT2D eigenvalue weighted by atomic mass is 19.1. The van der Waals surface area contributed by atoms with Gasteiger partial charge in [-0.05, 0) is 69.2 Å². The Morgan fingerprint density at radius 2 is 1.65 bits per heavy atom. The average Bonchev–Trinajstić information content (AvgIpc) is 3.39. The van der Waals surface area contributed by atoms with Crippen LogP contribution in [0.15, 0.2) is 54.7 Å². The van der Waals surface area contributed by atoms with Crippen molar-refractivity contribution in [2.24, 2.45) is 11.3 Å². The third-order valence-electron chi connectivity index (χ3n) is 7.60. The summed E-state index contributed by atoms with van der Waals surface area (Å²) in [6.07, 6.45) is 1.51.